The molecule has 246 valence electrons. The molecule has 3 heterocycles. The van der Waals surface area contributed by atoms with Gasteiger partial charge in [0.25, 0.3) is 0 Å². The van der Waals surface area contributed by atoms with Crippen LogP contribution in [0.2, 0.25) is 0 Å². The van der Waals surface area contributed by atoms with Crippen LogP contribution >= 0.6 is 0 Å². The monoisotopic (exact) mass is 643 g/mol. The minimum atomic E-state index is -3.27. The van der Waals surface area contributed by atoms with Gasteiger partial charge in [0.1, 0.15) is 5.82 Å². The van der Waals surface area contributed by atoms with E-state index >= 15 is 4.39 Å². The molecule has 45 heavy (non-hydrogen) atoms. The summed E-state index contributed by atoms with van der Waals surface area (Å²) >= 11 is 0. The first-order valence-electron chi connectivity index (χ1n) is 16.5. The van der Waals surface area contributed by atoms with Crippen molar-refractivity contribution in [2.75, 3.05) is 70.6 Å². The molecule has 3 saturated heterocycles. The molecule has 3 aliphatic heterocycles. The Hall–Kier alpha value is -2.56. The molecule has 1 saturated carbocycles. The van der Waals surface area contributed by atoms with Crippen molar-refractivity contribution >= 4 is 21.5 Å². The second-order valence-corrected chi connectivity index (χ2v) is 16.1. The third kappa shape index (κ3) is 6.79. The summed E-state index contributed by atoms with van der Waals surface area (Å²) in [6.07, 6.45) is 7.61. The van der Waals surface area contributed by atoms with Crippen molar-refractivity contribution in [2.45, 2.75) is 60.9 Å². The van der Waals surface area contributed by atoms with Crippen LogP contribution in [0.5, 0.6) is 0 Å². The normalized spacial score (nSPS) is 25.7. The van der Waals surface area contributed by atoms with Crippen LogP contribution < -0.4 is 4.90 Å². The van der Waals surface area contributed by atoms with Crippen molar-refractivity contribution in [1.82, 2.24) is 9.80 Å². The Bertz CT molecular complexity index is 1450. The third-order valence-corrected chi connectivity index (χ3v) is 12.3. The van der Waals surface area contributed by atoms with Crippen molar-refractivity contribution in [3.63, 3.8) is 0 Å². The first-order valence-corrected chi connectivity index (χ1v) is 18.4. The summed E-state index contributed by atoms with van der Waals surface area (Å²) in [6.45, 7) is 5.45. The number of methoxy groups -OCH3 is 1. The molecule has 0 aromatic heterocycles. The fourth-order valence-electron chi connectivity index (χ4n) is 8.87. The number of piperidine rings is 1. The average Bonchev–Trinajstić information content (AvgIpc) is 3.44. The number of ether oxygens (including phenoxy) is 1. The molecule has 2 aromatic rings. The third-order valence-electron chi connectivity index (χ3n) is 11.2. The predicted molar refractivity (Wildman–Crippen MR) is 171 cm³/mol. The van der Waals surface area contributed by atoms with E-state index in [1.807, 2.05) is 11.0 Å². The number of sulfone groups is 1. The zero-order valence-corrected chi connectivity index (χ0v) is 27.4. The van der Waals surface area contributed by atoms with Crippen molar-refractivity contribution in [1.29, 1.82) is 0 Å². The lowest BCUT2D eigenvalue weighted by Crippen LogP contribution is -2.64. The number of alkyl halides is 1. The second-order valence-electron chi connectivity index (χ2n) is 14.1. The molecule has 4 fully saturated rings. The highest BCUT2D eigenvalue weighted by molar-refractivity contribution is 7.90. The smallest absolute Gasteiger partial charge is 0.305 e. The van der Waals surface area contributed by atoms with Crippen LogP contribution in [-0.2, 0) is 24.8 Å². The van der Waals surface area contributed by atoms with Gasteiger partial charge in [-0.15, -0.1) is 0 Å². The maximum absolute atomic E-state index is 15.9. The molecule has 0 N–H and O–H groups in total. The lowest BCUT2D eigenvalue weighted by molar-refractivity contribution is -0.142. The Kier molecular flexibility index (Phi) is 9.29. The predicted octanol–water partition coefficient (Wildman–Crippen LogP) is 5.09. The standard InChI is InChI=1S/C35H47F2N3O4S/c1-44-33(41)20-26-6-3-9-32(26)35(25-38-16-5-17-38,28-7-4-8-29(36)21-28)27-14-18-39(19-15-27)22-34(37)23-40(24-34)30-10-12-31(13-11-30)45(2,42)43/h4,7-8,10-13,21,26-27,32H,3,5-6,9,14-20,22-25H2,1-2H3/t26-,32+,35+/m1/s1. The number of benzene rings is 2. The van der Waals surface area contributed by atoms with Gasteiger partial charge in [0.05, 0.1) is 25.1 Å². The van der Waals surface area contributed by atoms with E-state index in [1.54, 1.807) is 30.3 Å². The van der Waals surface area contributed by atoms with Gasteiger partial charge in [-0.3, -0.25) is 9.69 Å². The second kappa shape index (κ2) is 12.9. The number of nitrogens with zero attached hydrogens (tertiary/aromatic N) is 3. The van der Waals surface area contributed by atoms with E-state index in [2.05, 4.69) is 15.9 Å². The zero-order chi connectivity index (χ0) is 31.8. The quantitative estimate of drug-likeness (QED) is 0.316. The molecule has 1 aliphatic carbocycles. The van der Waals surface area contributed by atoms with Crippen LogP contribution in [-0.4, -0.2) is 95.6 Å². The van der Waals surface area contributed by atoms with Crippen molar-refractivity contribution in [3.8, 4) is 0 Å². The number of carbonyl (C=O) groups is 1. The Morgan fingerprint density at radius 3 is 2.29 bits per heavy atom. The van der Waals surface area contributed by atoms with Crippen LogP contribution in [0.3, 0.4) is 0 Å². The highest BCUT2D eigenvalue weighted by Crippen LogP contribution is 2.54. The molecule has 6 rings (SSSR count). The molecule has 7 nitrogen and oxygen atoms in total. The molecule has 0 spiro atoms. The summed E-state index contributed by atoms with van der Waals surface area (Å²) in [5, 5.41) is 0. The van der Waals surface area contributed by atoms with Crippen LogP contribution in [0, 0.1) is 23.6 Å². The molecular weight excluding hydrogens is 596 g/mol. The van der Waals surface area contributed by atoms with Crippen molar-refractivity contribution in [2.24, 2.45) is 17.8 Å². The van der Waals surface area contributed by atoms with E-state index in [-0.39, 0.29) is 47.0 Å². The molecule has 2 aromatic carbocycles. The summed E-state index contributed by atoms with van der Waals surface area (Å²) in [6, 6.07) is 13.9. The van der Waals surface area contributed by atoms with Gasteiger partial charge in [0.2, 0.25) is 0 Å². The maximum Gasteiger partial charge on any atom is 0.305 e. The van der Waals surface area contributed by atoms with Gasteiger partial charge in [-0.05, 0) is 118 Å². The molecule has 0 amide bonds. The minimum Gasteiger partial charge on any atom is -0.469 e. The van der Waals surface area contributed by atoms with E-state index in [9.17, 15) is 17.6 Å². The van der Waals surface area contributed by atoms with Gasteiger partial charge in [-0.2, -0.15) is 0 Å². The van der Waals surface area contributed by atoms with Crippen LogP contribution in [0.15, 0.2) is 53.4 Å². The number of anilines is 1. The topological polar surface area (TPSA) is 70.2 Å². The highest BCUT2D eigenvalue weighted by Gasteiger charge is 2.53. The van der Waals surface area contributed by atoms with Gasteiger partial charge in [0.15, 0.2) is 15.5 Å². The molecule has 10 heteroatoms. The number of hydrogen-bond donors (Lipinski definition) is 0. The van der Waals surface area contributed by atoms with Crippen molar-refractivity contribution in [3.05, 3.63) is 59.9 Å². The molecule has 4 aliphatic rings. The average molecular weight is 644 g/mol. The van der Waals surface area contributed by atoms with Crippen LogP contribution in [0.4, 0.5) is 14.5 Å². The Labute approximate surface area is 266 Å². The maximum atomic E-state index is 15.9. The first-order chi connectivity index (χ1) is 21.5. The molecule has 3 atom stereocenters. The number of hydrogen-bond acceptors (Lipinski definition) is 7. The summed E-state index contributed by atoms with van der Waals surface area (Å²) in [5.74, 6) is 0.341. The lowest BCUT2D eigenvalue weighted by Gasteiger charge is -2.54. The minimum absolute atomic E-state index is 0.173. The van der Waals surface area contributed by atoms with Crippen LogP contribution in [0.1, 0.15) is 50.5 Å². The molecular formula is C35H47F2N3O4S. The van der Waals surface area contributed by atoms with E-state index in [1.165, 1.54) is 25.9 Å². The Morgan fingerprint density at radius 2 is 1.69 bits per heavy atom. The number of likely N-dealkylation sites (tertiary alicyclic amines) is 2. The molecule has 0 bridgehead atoms. The Balaban J connectivity index is 1.18. The highest BCUT2D eigenvalue weighted by atomic mass is 32.2. The number of esters is 1. The van der Waals surface area contributed by atoms with Gasteiger partial charge in [-0.25, -0.2) is 17.2 Å². The lowest BCUT2D eigenvalue weighted by atomic mass is 9.56. The Morgan fingerprint density at radius 1 is 0.978 bits per heavy atom. The van der Waals surface area contributed by atoms with Gasteiger partial charge in [-0.1, -0.05) is 18.6 Å². The largest absolute Gasteiger partial charge is 0.469 e. The fraction of sp³-hybridized carbons (Fsp3) is 0.629. The molecule has 0 radical (unpaired) electrons. The molecule has 0 unspecified atom stereocenters. The summed E-state index contributed by atoms with van der Waals surface area (Å²) in [4.78, 5) is 19.5. The van der Waals surface area contributed by atoms with Crippen molar-refractivity contribution < 1.29 is 26.7 Å². The SMILES string of the molecule is COC(=O)C[C@H]1CCC[C@@H]1[C@](CN1CCC1)(c1cccc(F)c1)C1CCN(CC2(F)CN(c3ccc(S(C)(=O)=O)cc3)C2)CC1. The summed E-state index contributed by atoms with van der Waals surface area (Å²) in [7, 11) is -1.82. The number of carbonyl (C=O) groups excluding carboxylic acids is 1. The summed E-state index contributed by atoms with van der Waals surface area (Å²) < 4.78 is 59.6. The first kappa shape index (κ1) is 32.4. The van der Waals surface area contributed by atoms with E-state index < -0.39 is 15.5 Å². The van der Waals surface area contributed by atoms with E-state index in [4.69, 9.17) is 4.74 Å². The van der Waals surface area contributed by atoms with E-state index in [0.717, 1.165) is 76.1 Å². The number of halogens is 2. The fourth-order valence-corrected chi connectivity index (χ4v) is 9.50. The summed E-state index contributed by atoms with van der Waals surface area (Å²) in [5.41, 5.74) is 0.269. The van der Waals surface area contributed by atoms with Gasteiger partial charge in [0, 0.05) is 36.9 Å². The van der Waals surface area contributed by atoms with E-state index in [0.29, 0.717) is 18.9 Å². The van der Waals surface area contributed by atoms with Gasteiger partial charge < -0.3 is 14.5 Å². The van der Waals surface area contributed by atoms with Gasteiger partial charge >= 0.3 is 5.97 Å². The zero-order valence-electron chi connectivity index (χ0n) is 26.6. The van der Waals surface area contributed by atoms with Crippen LogP contribution in [0.25, 0.3) is 0 Å². The number of rotatable bonds is 11.